The summed E-state index contributed by atoms with van der Waals surface area (Å²) in [4.78, 5) is 22.7. The fourth-order valence-electron chi connectivity index (χ4n) is 3.11. The molecule has 0 spiro atoms. The predicted octanol–water partition coefficient (Wildman–Crippen LogP) is 4.57. The minimum absolute atomic E-state index is 0.109. The summed E-state index contributed by atoms with van der Waals surface area (Å²) in [6, 6.07) is 17.8. The van der Waals surface area contributed by atoms with Crippen LogP contribution in [0.15, 0.2) is 71.0 Å². The Morgan fingerprint density at radius 3 is 2.74 bits per heavy atom. The van der Waals surface area contributed by atoms with Crippen LogP contribution >= 0.6 is 11.3 Å². The zero-order chi connectivity index (χ0) is 18.2. The van der Waals surface area contributed by atoms with E-state index in [0.717, 1.165) is 38.4 Å². The molecule has 3 heterocycles. The number of aromatic amines is 2. The third-order valence-electron chi connectivity index (χ3n) is 4.42. The molecule has 0 saturated heterocycles. The summed E-state index contributed by atoms with van der Waals surface area (Å²) >= 11 is 1.53. The molecule has 0 radical (unpaired) electrons. The fraction of sp³-hybridized carbons (Fsp3) is 0. The Morgan fingerprint density at radius 2 is 1.85 bits per heavy atom. The number of H-pyrrole nitrogens is 2. The van der Waals surface area contributed by atoms with E-state index in [0.29, 0.717) is 5.52 Å². The molecule has 0 unspecified atom stereocenters. The molecule has 0 fully saturated rings. The number of aromatic nitrogens is 3. The van der Waals surface area contributed by atoms with Crippen LogP contribution in [0.3, 0.4) is 0 Å². The van der Waals surface area contributed by atoms with Crippen molar-refractivity contribution in [2.45, 2.75) is 0 Å². The van der Waals surface area contributed by atoms with Crippen LogP contribution in [0, 0.1) is 0 Å². The molecule has 0 saturated carbocycles. The van der Waals surface area contributed by atoms with Gasteiger partial charge in [0.15, 0.2) is 0 Å². The lowest BCUT2D eigenvalue weighted by Gasteiger charge is -2.06. The van der Waals surface area contributed by atoms with E-state index in [9.17, 15) is 4.79 Å². The van der Waals surface area contributed by atoms with Gasteiger partial charge in [-0.15, -0.1) is 11.3 Å². The fourth-order valence-corrected chi connectivity index (χ4v) is 3.79. The number of thiazole rings is 1. The van der Waals surface area contributed by atoms with Crippen molar-refractivity contribution in [1.29, 1.82) is 0 Å². The van der Waals surface area contributed by atoms with E-state index in [4.69, 9.17) is 0 Å². The molecule has 7 heteroatoms. The number of fused-ring (bicyclic) bond motifs is 3. The van der Waals surface area contributed by atoms with Crippen molar-refractivity contribution in [2.24, 2.45) is 0 Å². The first-order valence-electron chi connectivity index (χ1n) is 8.44. The van der Waals surface area contributed by atoms with E-state index in [-0.39, 0.29) is 5.56 Å². The molecule has 0 aliphatic heterocycles. The van der Waals surface area contributed by atoms with Crippen molar-refractivity contribution >= 4 is 44.0 Å². The maximum absolute atomic E-state index is 12.1. The van der Waals surface area contributed by atoms with Gasteiger partial charge >= 0.3 is 0 Å². The predicted molar refractivity (Wildman–Crippen MR) is 111 cm³/mol. The minimum Gasteiger partial charge on any atom is -0.357 e. The standard InChI is InChI=1S/C20H15N5OS/c26-19-18-14(8-9-21-18)15-10-12(6-7-16(15)22-19)17-11-27-20(23-17)25-24-13-4-2-1-3-5-13/h1-11,21,24H,(H,22,26)(H,23,25). The van der Waals surface area contributed by atoms with E-state index in [1.165, 1.54) is 11.3 Å². The average Bonchev–Trinajstić information content (AvgIpc) is 3.37. The highest BCUT2D eigenvalue weighted by atomic mass is 32.1. The first kappa shape index (κ1) is 15.7. The van der Waals surface area contributed by atoms with Gasteiger partial charge in [0.1, 0.15) is 5.52 Å². The van der Waals surface area contributed by atoms with E-state index < -0.39 is 0 Å². The highest BCUT2D eigenvalue weighted by molar-refractivity contribution is 7.14. The summed E-state index contributed by atoms with van der Waals surface area (Å²) in [5, 5.41) is 4.70. The van der Waals surface area contributed by atoms with Crippen molar-refractivity contribution in [3.8, 4) is 11.3 Å². The van der Waals surface area contributed by atoms with Crippen LogP contribution in [0.1, 0.15) is 0 Å². The summed E-state index contributed by atoms with van der Waals surface area (Å²) in [5.74, 6) is 0. The zero-order valence-electron chi connectivity index (χ0n) is 14.1. The van der Waals surface area contributed by atoms with E-state index in [1.807, 2.05) is 53.9 Å². The third-order valence-corrected chi connectivity index (χ3v) is 5.18. The lowest BCUT2D eigenvalue weighted by molar-refractivity contribution is 1.31. The molecule has 6 nitrogen and oxygen atoms in total. The molecule has 0 aliphatic carbocycles. The number of hydrogen-bond acceptors (Lipinski definition) is 5. The van der Waals surface area contributed by atoms with E-state index >= 15 is 0 Å². The van der Waals surface area contributed by atoms with Gasteiger partial charge in [-0.1, -0.05) is 24.3 Å². The summed E-state index contributed by atoms with van der Waals surface area (Å²) in [6.45, 7) is 0. The number of hydrogen-bond donors (Lipinski definition) is 4. The Hall–Kier alpha value is -3.58. The Morgan fingerprint density at radius 1 is 0.963 bits per heavy atom. The number of para-hydroxylation sites is 1. The van der Waals surface area contributed by atoms with Crippen LogP contribution in [0.2, 0.25) is 0 Å². The quantitative estimate of drug-likeness (QED) is 0.348. The number of anilines is 2. The van der Waals surface area contributed by atoms with Gasteiger partial charge in [0, 0.05) is 33.4 Å². The summed E-state index contributed by atoms with van der Waals surface area (Å²) in [6.07, 6.45) is 1.78. The topological polar surface area (TPSA) is 85.6 Å². The molecule has 0 amide bonds. The molecule has 0 aliphatic rings. The van der Waals surface area contributed by atoms with E-state index in [2.05, 4.69) is 31.9 Å². The van der Waals surface area contributed by atoms with Gasteiger partial charge < -0.3 is 9.97 Å². The van der Waals surface area contributed by atoms with Crippen molar-refractivity contribution < 1.29 is 0 Å². The Bertz CT molecular complexity index is 1300. The highest BCUT2D eigenvalue weighted by Crippen LogP contribution is 2.29. The number of nitrogens with zero attached hydrogens (tertiary/aromatic N) is 1. The van der Waals surface area contributed by atoms with Gasteiger partial charge in [0.05, 0.1) is 11.4 Å². The number of pyridine rings is 1. The van der Waals surface area contributed by atoms with Crippen LogP contribution in [-0.4, -0.2) is 15.0 Å². The maximum atomic E-state index is 12.1. The molecular weight excluding hydrogens is 358 g/mol. The molecule has 5 rings (SSSR count). The molecule has 0 bridgehead atoms. The van der Waals surface area contributed by atoms with Crippen LogP contribution in [0.25, 0.3) is 33.1 Å². The van der Waals surface area contributed by atoms with Crippen LogP contribution in [-0.2, 0) is 0 Å². The normalized spacial score (nSPS) is 11.1. The second-order valence-electron chi connectivity index (χ2n) is 6.13. The third kappa shape index (κ3) is 2.84. The Kier molecular flexibility index (Phi) is 3.65. The van der Waals surface area contributed by atoms with Gasteiger partial charge in [-0.2, -0.15) is 0 Å². The Balaban J connectivity index is 1.48. The molecule has 3 aromatic heterocycles. The maximum Gasteiger partial charge on any atom is 0.272 e. The van der Waals surface area contributed by atoms with Gasteiger partial charge in [-0.25, -0.2) is 4.98 Å². The number of nitrogens with one attached hydrogen (secondary N) is 4. The molecule has 5 aromatic rings. The first-order chi connectivity index (χ1) is 13.3. The molecular formula is C20H15N5OS. The lowest BCUT2D eigenvalue weighted by atomic mass is 10.1. The zero-order valence-corrected chi connectivity index (χ0v) is 14.9. The van der Waals surface area contributed by atoms with Gasteiger partial charge in [-0.05, 0) is 30.3 Å². The second kappa shape index (κ2) is 6.30. The number of rotatable bonds is 4. The molecule has 27 heavy (non-hydrogen) atoms. The number of hydrazine groups is 1. The summed E-state index contributed by atoms with van der Waals surface area (Å²) in [7, 11) is 0. The van der Waals surface area contributed by atoms with E-state index in [1.54, 1.807) is 6.20 Å². The summed E-state index contributed by atoms with van der Waals surface area (Å²) < 4.78 is 0. The highest BCUT2D eigenvalue weighted by Gasteiger charge is 2.09. The van der Waals surface area contributed by atoms with Crippen molar-refractivity contribution in [2.75, 3.05) is 10.9 Å². The van der Waals surface area contributed by atoms with Crippen molar-refractivity contribution in [3.63, 3.8) is 0 Å². The Labute approximate surface area is 157 Å². The smallest absolute Gasteiger partial charge is 0.272 e. The van der Waals surface area contributed by atoms with Crippen LogP contribution in [0.5, 0.6) is 0 Å². The number of benzene rings is 2. The SMILES string of the molecule is O=c1[nH]c2ccc(-c3csc(NNc4ccccc4)n3)cc2c2cc[nH]c12. The van der Waals surface area contributed by atoms with Crippen LogP contribution < -0.4 is 16.4 Å². The molecule has 4 N–H and O–H groups in total. The van der Waals surface area contributed by atoms with Gasteiger partial charge in [0.25, 0.3) is 5.56 Å². The second-order valence-corrected chi connectivity index (χ2v) is 6.99. The molecule has 0 atom stereocenters. The van der Waals surface area contributed by atoms with Crippen molar-refractivity contribution in [1.82, 2.24) is 15.0 Å². The van der Waals surface area contributed by atoms with Crippen LogP contribution in [0.4, 0.5) is 10.8 Å². The average molecular weight is 373 g/mol. The largest absolute Gasteiger partial charge is 0.357 e. The van der Waals surface area contributed by atoms with Crippen molar-refractivity contribution in [3.05, 3.63) is 76.5 Å². The summed E-state index contributed by atoms with van der Waals surface area (Å²) in [5.41, 5.74) is 10.4. The lowest BCUT2D eigenvalue weighted by Crippen LogP contribution is -2.07. The first-order valence-corrected chi connectivity index (χ1v) is 9.32. The molecule has 132 valence electrons. The van der Waals surface area contributed by atoms with Gasteiger partial charge in [0.2, 0.25) is 5.13 Å². The monoisotopic (exact) mass is 373 g/mol. The van der Waals surface area contributed by atoms with Gasteiger partial charge in [-0.3, -0.25) is 15.6 Å². The minimum atomic E-state index is -0.109. The molecule has 2 aromatic carbocycles.